The maximum absolute atomic E-state index is 13.1. The predicted molar refractivity (Wildman–Crippen MR) is 139 cm³/mol. The Kier molecular flexibility index (Phi) is 6.78. The molecular weight excluding hydrogens is 544 g/mol. The Morgan fingerprint density at radius 1 is 1.14 bits per heavy atom. The number of aromatic hydroxyl groups is 1. The number of carbonyl (C=O) groups excluding carboxylic acids is 2. The Morgan fingerprint density at radius 2 is 2.00 bits per heavy atom. The molecule has 10 nitrogen and oxygen atoms in total. The molecule has 5 rings (SSSR count). The molecule has 0 amide bonds. The topological polar surface area (TPSA) is 132 Å². The van der Waals surface area contributed by atoms with Crippen LogP contribution in [0.25, 0.3) is 11.3 Å². The summed E-state index contributed by atoms with van der Waals surface area (Å²) in [5, 5.41) is 21.7. The Bertz CT molecular complexity index is 1600. The normalized spacial score (nSPS) is 11.0. The van der Waals surface area contributed by atoms with Gasteiger partial charge < -0.3 is 10.4 Å². The summed E-state index contributed by atoms with van der Waals surface area (Å²) < 4.78 is 6.82. The molecule has 0 radical (unpaired) electrons. The maximum Gasteiger partial charge on any atom is 0.299 e. The molecular formula is C22H15ClN6O4S3. The second kappa shape index (κ2) is 10.1. The number of rotatable bonds is 8. The highest BCUT2D eigenvalue weighted by atomic mass is 35.5. The lowest BCUT2D eigenvalue weighted by atomic mass is 10.2. The third kappa shape index (κ3) is 4.86. The van der Waals surface area contributed by atoms with E-state index < -0.39 is 29.7 Å². The average molecular weight is 559 g/mol. The lowest BCUT2D eigenvalue weighted by molar-refractivity contribution is 0.0941. The molecule has 14 heteroatoms. The van der Waals surface area contributed by atoms with Crippen molar-refractivity contribution in [1.29, 1.82) is 0 Å². The number of aromatic nitrogens is 5. The van der Waals surface area contributed by atoms with E-state index in [9.17, 15) is 19.5 Å². The number of thiophene rings is 1. The summed E-state index contributed by atoms with van der Waals surface area (Å²) in [4.78, 5) is 42.9. The third-order valence-electron chi connectivity index (χ3n) is 5.08. The van der Waals surface area contributed by atoms with Crippen LogP contribution in [0.15, 0.2) is 57.5 Å². The first-order valence-corrected chi connectivity index (χ1v) is 13.3. The molecule has 36 heavy (non-hydrogen) atoms. The fourth-order valence-corrected chi connectivity index (χ4v) is 5.43. The molecule has 0 fully saturated rings. The summed E-state index contributed by atoms with van der Waals surface area (Å²) in [6.07, 6.45) is 0. The fraction of sp³-hybridized carbons (Fsp3) is 0.0909. The monoisotopic (exact) mass is 558 g/mol. The molecule has 0 unspecified atom stereocenters. The number of Topliss-reactive ketones (excluding diaryl/α,β-unsaturated/α-hetero) is 1. The molecule has 0 saturated carbocycles. The Hall–Kier alpha value is -3.65. The zero-order valence-electron chi connectivity index (χ0n) is 18.1. The minimum absolute atomic E-state index is 0.174. The van der Waals surface area contributed by atoms with Crippen molar-refractivity contribution < 1.29 is 14.7 Å². The van der Waals surface area contributed by atoms with Crippen molar-refractivity contribution in [3.8, 4) is 17.1 Å². The molecule has 0 aromatic carbocycles. The van der Waals surface area contributed by atoms with Crippen LogP contribution in [0.2, 0.25) is 4.34 Å². The molecule has 5 heterocycles. The minimum Gasteiger partial charge on any atom is -0.494 e. The molecule has 5 aromatic rings. The van der Waals surface area contributed by atoms with Gasteiger partial charge in [-0.15, -0.1) is 22.7 Å². The predicted octanol–water partition coefficient (Wildman–Crippen LogP) is 4.23. The highest BCUT2D eigenvalue weighted by molar-refractivity contribution is 7.16. The zero-order chi connectivity index (χ0) is 25.2. The van der Waals surface area contributed by atoms with Gasteiger partial charge in [0, 0.05) is 27.8 Å². The SMILES string of the molecule is O=C(Cn1c(O)c(-c2cc(NCc3ccc(Cl)s3)n(C(=O)c3ccsn3)n2)ccc1=O)c1cscn1. The first-order chi connectivity index (χ1) is 17.4. The first-order valence-electron chi connectivity index (χ1n) is 10.3. The van der Waals surface area contributed by atoms with Gasteiger partial charge in [0.15, 0.2) is 0 Å². The summed E-state index contributed by atoms with van der Waals surface area (Å²) in [5.41, 5.74) is 1.75. The Balaban J connectivity index is 1.52. The minimum atomic E-state index is -0.564. The van der Waals surface area contributed by atoms with Crippen molar-refractivity contribution in [3.63, 3.8) is 0 Å². The van der Waals surface area contributed by atoms with Crippen LogP contribution in [0.5, 0.6) is 5.88 Å². The van der Waals surface area contributed by atoms with Gasteiger partial charge in [0.25, 0.3) is 11.5 Å². The largest absolute Gasteiger partial charge is 0.494 e. The van der Waals surface area contributed by atoms with E-state index in [2.05, 4.69) is 19.8 Å². The number of nitrogens with zero attached hydrogens (tertiary/aromatic N) is 5. The Morgan fingerprint density at radius 3 is 2.69 bits per heavy atom. The van der Waals surface area contributed by atoms with Crippen LogP contribution >= 0.6 is 45.8 Å². The van der Waals surface area contributed by atoms with Crippen molar-refractivity contribution in [2.45, 2.75) is 13.1 Å². The summed E-state index contributed by atoms with van der Waals surface area (Å²) in [7, 11) is 0. The van der Waals surface area contributed by atoms with E-state index in [-0.39, 0.29) is 22.6 Å². The molecule has 0 bridgehead atoms. The first kappa shape index (κ1) is 24.1. The molecule has 0 aliphatic rings. The van der Waals surface area contributed by atoms with Crippen LogP contribution in [0.1, 0.15) is 25.9 Å². The average Bonchev–Trinajstić information content (AvgIpc) is 3.67. The van der Waals surface area contributed by atoms with E-state index in [1.54, 1.807) is 29.0 Å². The van der Waals surface area contributed by atoms with E-state index in [0.717, 1.165) is 25.7 Å². The number of carbonyl (C=O) groups is 2. The van der Waals surface area contributed by atoms with E-state index in [4.69, 9.17) is 11.6 Å². The lowest BCUT2D eigenvalue weighted by Crippen LogP contribution is -2.24. The highest BCUT2D eigenvalue weighted by Crippen LogP contribution is 2.30. The summed E-state index contributed by atoms with van der Waals surface area (Å²) >= 11 is 9.80. The van der Waals surface area contributed by atoms with E-state index >= 15 is 0 Å². The van der Waals surface area contributed by atoms with Gasteiger partial charge in [0.1, 0.15) is 22.9 Å². The number of anilines is 1. The van der Waals surface area contributed by atoms with Crippen molar-refractivity contribution in [2.75, 3.05) is 5.32 Å². The standard InChI is InChI=1S/C22H15ClN6O4S3/c23-18-3-1-12(36-18)8-24-19-7-15(26-29(19)22(33)14-5-6-35-27-14)13-2-4-20(31)28(21(13)32)9-17(30)16-10-34-11-25-16/h1-7,10-11,24,32H,8-9H2. The number of ketones is 1. The van der Waals surface area contributed by atoms with Crippen LogP contribution < -0.4 is 10.9 Å². The van der Waals surface area contributed by atoms with Gasteiger partial charge in [-0.3, -0.25) is 19.0 Å². The number of nitrogens with one attached hydrogen (secondary N) is 1. The van der Waals surface area contributed by atoms with E-state index in [1.807, 2.05) is 6.07 Å². The van der Waals surface area contributed by atoms with Gasteiger partial charge in [-0.1, -0.05) is 11.6 Å². The second-order valence-electron chi connectivity index (χ2n) is 7.37. The second-order valence-corrected chi connectivity index (χ2v) is 10.6. The van der Waals surface area contributed by atoms with Crippen LogP contribution in [0, 0.1) is 0 Å². The van der Waals surface area contributed by atoms with E-state index in [0.29, 0.717) is 16.7 Å². The van der Waals surface area contributed by atoms with Crippen molar-refractivity contribution in [2.24, 2.45) is 0 Å². The number of thiazole rings is 1. The Labute approximate surface area is 220 Å². The van der Waals surface area contributed by atoms with E-state index in [1.165, 1.54) is 40.3 Å². The highest BCUT2D eigenvalue weighted by Gasteiger charge is 2.22. The maximum atomic E-state index is 13.1. The summed E-state index contributed by atoms with van der Waals surface area (Å²) in [5.74, 6) is -0.996. The number of hydrogen-bond acceptors (Lipinski definition) is 11. The third-order valence-corrected chi connectivity index (χ3v) is 7.46. The molecule has 182 valence electrons. The van der Waals surface area contributed by atoms with Crippen molar-refractivity contribution in [3.05, 3.63) is 83.6 Å². The summed E-state index contributed by atoms with van der Waals surface area (Å²) in [6.45, 7) is -0.0224. The van der Waals surface area contributed by atoms with Crippen LogP contribution in [-0.2, 0) is 13.1 Å². The molecule has 0 saturated heterocycles. The molecule has 0 aliphatic carbocycles. The quantitative estimate of drug-likeness (QED) is 0.270. The van der Waals surface area contributed by atoms with Crippen molar-refractivity contribution in [1.82, 2.24) is 23.7 Å². The fourth-order valence-electron chi connectivity index (χ4n) is 3.35. The van der Waals surface area contributed by atoms with Crippen molar-refractivity contribution >= 4 is 63.3 Å². The van der Waals surface area contributed by atoms with Crippen LogP contribution in [0.3, 0.4) is 0 Å². The molecule has 2 N–H and O–H groups in total. The van der Waals surface area contributed by atoms with Gasteiger partial charge in [-0.25, -0.2) is 4.98 Å². The van der Waals surface area contributed by atoms with Gasteiger partial charge in [0.05, 0.1) is 28.5 Å². The van der Waals surface area contributed by atoms with Gasteiger partial charge >= 0.3 is 0 Å². The number of halogens is 1. The smallest absolute Gasteiger partial charge is 0.299 e. The molecule has 5 aromatic heterocycles. The number of pyridine rings is 1. The molecule has 0 aliphatic heterocycles. The van der Waals surface area contributed by atoms with Gasteiger partial charge in [-0.2, -0.15) is 14.2 Å². The summed E-state index contributed by atoms with van der Waals surface area (Å²) in [6, 6.07) is 9.42. The van der Waals surface area contributed by atoms with Gasteiger partial charge in [0.2, 0.25) is 11.7 Å². The number of hydrogen-bond donors (Lipinski definition) is 2. The van der Waals surface area contributed by atoms with Gasteiger partial charge in [-0.05, 0) is 35.8 Å². The van der Waals surface area contributed by atoms with Crippen LogP contribution in [-0.4, -0.2) is 40.5 Å². The molecule has 0 spiro atoms. The molecule has 0 atom stereocenters. The lowest BCUT2D eigenvalue weighted by Gasteiger charge is -2.09. The zero-order valence-corrected chi connectivity index (χ0v) is 21.3. The van der Waals surface area contributed by atoms with Crippen LogP contribution in [0.4, 0.5) is 5.82 Å².